The van der Waals surface area contributed by atoms with Gasteiger partial charge < -0.3 is 10.2 Å². The van der Waals surface area contributed by atoms with Crippen molar-refractivity contribution in [2.45, 2.75) is 52.9 Å². The van der Waals surface area contributed by atoms with Crippen LogP contribution >= 0.6 is 11.3 Å². The van der Waals surface area contributed by atoms with Crippen LogP contribution in [-0.2, 0) is 17.6 Å². The smallest absolute Gasteiger partial charge is 0.257 e. The zero-order valence-corrected chi connectivity index (χ0v) is 13.9. The Balaban J connectivity index is 2.44. The lowest BCUT2D eigenvalue weighted by Crippen LogP contribution is -2.29. The fraction of sp³-hybridized carbons (Fsp3) is 0.625. The van der Waals surface area contributed by atoms with Crippen LogP contribution < -0.4 is 5.32 Å². The number of likely N-dealkylation sites (tertiary alicyclic amines) is 1. The number of hydrogen-bond acceptors (Lipinski definition) is 3. The van der Waals surface area contributed by atoms with Gasteiger partial charge in [-0.2, -0.15) is 0 Å². The molecular formula is C16H24N2O2S. The highest BCUT2D eigenvalue weighted by Gasteiger charge is 2.28. The lowest BCUT2D eigenvalue weighted by molar-refractivity contribution is -0.114. The molecule has 1 aliphatic rings. The Morgan fingerprint density at radius 2 is 1.90 bits per heavy atom. The molecule has 4 nitrogen and oxygen atoms in total. The lowest BCUT2D eigenvalue weighted by Gasteiger charge is -2.17. The largest absolute Gasteiger partial charge is 0.339 e. The highest BCUT2D eigenvalue weighted by atomic mass is 32.1. The molecule has 0 aliphatic carbocycles. The molecule has 1 fully saturated rings. The highest BCUT2D eigenvalue weighted by Crippen LogP contribution is 2.36. The summed E-state index contributed by atoms with van der Waals surface area (Å²) in [4.78, 5) is 27.4. The Kier molecular flexibility index (Phi) is 5.39. The number of anilines is 1. The van der Waals surface area contributed by atoms with Crippen molar-refractivity contribution in [3.63, 3.8) is 0 Å². The molecule has 2 rings (SSSR count). The summed E-state index contributed by atoms with van der Waals surface area (Å²) < 4.78 is 0. The van der Waals surface area contributed by atoms with Crippen LogP contribution in [0.15, 0.2) is 0 Å². The molecule has 0 unspecified atom stereocenters. The third kappa shape index (κ3) is 3.46. The number of rotatable bonds is 5. The standard InChI is InChI=1S/C16H24N2O2S/c1-4-8-12-13(5-2)21-15(17-11(3)19)14(12)16(20)18-9-6-7-10-18/h4-10H2,1-3H3,(H,17,19). The minimum Gasteiger partial charge on any atom is -0.339 e. The molecule has 0 aromatic carbocycles. The Labute approximate surface area is 130 Å². The second kappa shape index (κ2) is 7.07. The van der Waals surface area contributed by atoms with Gasteiger partial charge in [0.05, 0.1) is 5.56 Å². The third-order valence-electron chi connectivity index (χ3n) is 3.81. The van der Waals surface area contributed by atoms with Crippen LogP contribution in [-0.4, -0.2) is 29.8 Å². The molecule has 1 aromatic rings. The number of thiophene rings is 1. The summed E-state index contributed by atoms with van der Waals surface area (Å²) in [6, 6.07) is 0. The van der Waals surface area contributed by atoms with E-state index in [1.54, 1.807) is 11.3 Å². The van der Waals surface area contributed by atoms with Crippen LogP contribution in [0.5, 0.6) is 0 Å². The van der Waals surface area contributed by atoms with E-state index in [9.17, 15) is 9.59 Å². The van der Waals surface area contributed by atoms with Crippen molar-refractivity contribution in [2.75, 3.05) is 18.4 Å². The van der Waals surface area contributed by atoms with E-state index in [2.05, 4.69) is 19.2 Å². The molecule has 116 valence electrons. The zero-order valence-electron chi connectivity index (χ0n) is 13.1. The van der Waals surface area contributed by atoms with E-state index in [1.807, 2.05) is 4.90 Å². The van der Waals surface area contributed by atoms with Gasteiger partial charge in [-0.25, -0.2) is 0 Å². The van der Waals surface area contributed by atoms with E-state index in [1.165, 1.54) is 11.8 Å². The van der Waals surface area contributed by atoms with Gasteiger partial charge in [0.25, 0.3) is 5.91 Å². The van der Waals surface area contributed by atoms with Crippen LogP contribution in [0, 0.1) is 0 Å². The predicted molar refractivity (Wildman–Crippen MR) is 87.1 cm³/mol. The summed E-state index contributed by atoms with van der Waals surface area (Å²) >= 11 is 1.56. The van der Waals surface area contributed by atoms with E-state index in [4.69, 9.17) is 0 Å². The molecule has 2 amide bonds. The van der Waals surface area contributed by atoms with Crippen LogP contribution in [0.25, 0.3) is 0 Å². The van der Waals surface area contributed by atoms with Crippen LogP contribution in [0.4, 0.5) is 5.00 Å². The molecule has 1 aromatic heterocycles. The first kappa shape index (κ1) is 16.0. The number of carbonyl (C=O) groups excluding carboxylic acids is 2. The first-order valence-corrected chi connectivity index (χ1v) is 8.61. The van der Waals surface area contributed by atoms with Gasteiger partial charge in [0.1, 0.15) is 5.00 Å². The van der Waals surface area contributed by atoms with Crippen LogP contribution in [0.2, 0.25) is 0 Å². The minimum atomic E-state index is -0.113. The first-order valence-electron chi connectivity index (χ1n) is 7.79. The van der Waals surface area contributed by atoms with Crippen molar-refractivity contribution in [3.8, 4) is 0 Å². The van der Waals surface area contributed by atoms with Gasteiger partial charge in [0.15, 0.2) is 0 Å². The fourth-order valence-electron chi connectivity index (χ4n) is 2.86. The van der Waals surface area contributed by atoms with E-state index in [-0.39, 0.29) is 11.8 Å². The van der Waals surface area contributed by atoms with E-state index in [0.717, 1.165) is 61.3 Å². The average molecular weight is 308 g/mol. The first-order chi connectivity index (χ1) is 10.1. The van der Waals surface area contributed by atoms with Gasteiger partial charge in [-0.1, -0.05) is 20.3 Å². The molecular weight excluding hydrogens is 284 g/mol. The SMILES string of the molecule is CCCc1c(CC)sc(NC(C)=O)c1C(=O)N1CCCC1. The van der Waals surface area contributed by atoms with Gasteiger partial charge in [-0.05, 0) is 31.2 Å². The molecule has 1 aliphatic heterocycles. The second-order valence-corrected chi connectivity index (χ2v) is 6.60. The predicted octanol–water partition coefficient (Wildman–Crippen LogP) is 3.46. The third-order valence-corrected chi connectivity index (χ3v) is 5.10. The van der Waals surface area contributed by atoms with E-state index < -0.39 is 0 Å². The van der Waals surface area contributed by atoms with Crippen molar-refractivity contribution in [2.24, 2.45) is 0 Å². The molecule has 21 heavy (non-hydrogen) atoms. The Morgan fingerprint density at radius 3 is 2.43 bits per heavy atom. The van der Waals surface area contributed by atoms with Crippen LogP contribution in [0.1, 0.15) is 60.8 Å². The Hall–Kier alpha value is -1.36. The van der Waals surface area contributed by atoms with E-state index in [0.29, 0.717) is 0 Å². The number of hydrogen-bond donors (Lipinski definition) is 1. The number of nitrogens with zero attached hydrogens (tertiary/aromatic N) is 1. The molecule has 0 saturated carbocycles. The molecule has 1 saturated heterocycles. The number of aryl methyl sites for hydroxylation is 1. The number of carbonyl (C=O) groups is 2. The summed E-state index contributed by atoms with van der Waals surface area (Å²) in [6.07, 6.45) is 4.96. The minimum absolute atomic E-state index is 0.0932. The van der Waals surface area contributed by atoms with Gasteiger partial charge in [0.2, 0.25) is 5.91 Å². The normalized spacial score (nSPS) is 14.5. The topological polar surface area (TPSA) is 49.4 Å². The monoisotopic (exact) mass is 308 g/mol. The van der Waals surface area contributed by atoms with Crippen molar-refractivity contribution < 1.29 is 9.59 Å². The van der Waals surface area contributed by atoms with E-state index >= 15 is 0 Å². The molecule has 0 spiro atoms. The molecule has 0 radical (unpaired) electrons. The maximum atomic E-state index is 12.9. The van der Waals surface area contributed by atoms with Gasteiger partial charge >= 0.3 is 0 Å². The van der Waals surface area contributed by atoms with Crippen molar-refractivity contribution in [1.82, 2.24) is 4.90 Å². The quantitative estimate of drug-likeness (QED) is 0.905. The van der Waals surface area contributed by atoms with Crippen molar-refractivity contribution in [3.05, 3.63) is 16.0 Å². The summed E-state index contributed by atoms with van der Waals surface area (Å²) in [5.41, 5.74) is 1.89. The summed E-state index contributed by atoms with van der Waals surface area (Å²) in [7, 11) is 0. The zero-order chi connectivity index (χ0) is 15.4. The van der Waals surface area contributed by atoms with Gasteiger partial charge in [0, 0.05) is 24.9 Å². The summed E-state index contributed by atoms with van der Waals surface area (Å²) in [5.74, 6) is -0.0203. The maximum absolute atomic E-state index is 12.9. The van der Waals surface area contributed by atoms with Gasteiger partial charge in [-0.3, -0.25) is 9.59 Å². The molecule has 0 atom stereocenters. The second-order valence-electron chi connectivity index (χ2n) is 5.49. The molecule has 0 bridgehead atoms. The molecule has 1 N–H and O–H groups in total. The van der Waals surface area contributed by atoms with Crippen molar-refractivity contribution in [1.29, 1.82) is 0 Å². The number of nitrogens with one attached hydrogen (secondary N) is 1. The maximum Gasteiger partial charge on any atom is 0.257 e. The fourth-order valence-corrected chi connectivity index (χ4v) is 4.09. The summed E-state index contributed by atoms with van der Waals surface area (Å²) in [5, 5.41) is 3.60. The highest BCUT2D eigenvalue weighted by molar-refractivity contribution is 7.17. The average Bonchev–Trinajstić information content (AvgIpc) is 3.06. The molecule has 5 heteroatoms. The van der Waals surface area contributed by atoms with Gasteiger partial charge in [-0.15, -0.1) is 11.3 Å². The van der Waals surface area contributed by atoms with Crippen LogP contribution in [0.3, 0.4) is 0 Å². The lowest BCUT2D eigenvalue weighted by atomic mass is 10.0. The number of amides is 2. The van der Waals surface area contributed by atoms with Crippen molar-refractivity contribution >= 4 is 28.2 Å². The summed E-state index contributed by atoms with van der Waals surface area (Å²) in [6.45, 7) is 7.39. The Bertz CT molecular complexity index is 531. The molecule has 2 heterocycles. The Morgan fingerprint density at radius 1 is 1.24 bits per heavy atom.